The molecular weight excluding hydrogens is 178 g/mol. The van der Waals surface area contributed by atoms with Gasteiger partial charge in [-0.25, -0.2) is 0 Å². The van der Waals surface area contributed by atoms with E-state index in [0.717, 1.165) is 0 Å². The van der Waals surface area contributed by atoms with Gasteiger partial charge in [0.2, 0.25) is 0 Å². The first-order valence-electron chi connectivity index (χ1n) is 4.39. The van der Waals surface area contributed by atoms with Gasteiger partial charge in [0.1, 0.15) is 11.5 Å². The Morgan fingerprint density at radius 1 is 1.14 bits per heavy atom. The summed E-state index contributed by atoms with van der Waals surface area (Å²) in [6.45, 7) is 0.702. The second-order valence-electron chi connectivity index (χ2n) is 3.10. The van der Waals surface area contributed by atoms with Crippen LogP contribution in [0, 0.1) is 0 Å². The summed E-state index contributed by atoms with van der Waals surface area (Å²) in [7, 11) is 0. The van der Waals surface area contributed by atoms with Crippen LogP contribution in [-0.4, -0.2) is 16.8 Å². The molecule has 0 saturated carbocycles. The molecule has 0 atom stereocenters. The Morgan fingerprint density at radius 3 is 2.71 bits per heavy atom. The minimum atomic E-state index is 0.153. The van der Waals surface area contributed by atoms with E-state index in [4.69, 9.17) is 0 Å². The fourth-order valence-corrected chi connectivity index (χ4v) is 1.39. The van der Waals surface area contributed by atoms with Crippen molar-refractivity contribution in [1.29, 1.82) is 0 Å². The quantitative estimate of drug-likeness (QED) is 0.664. The molecule has 0 saturated heterocycles. The lowest BCUT2D eigenvalue weighted by atomic mass is 10.2. The molecule has 0 amide bonds. The van der Waals surface area contributed by atoms with E-state index in [2.05, 4.69) is 0 Å². The molecule has 0 unspecified atom stereocenters. The van der Waals surface area contributed by atoms with Crippen molar-refractivity contribution in [1.82, 2.24) is 0 Å². The first-order valence-corrected chi connectivity index (χ1v) is 4.39. The van der Waals surface area contributed by atoms with E-state index >= 15 is 0 Å². The summed E-state index contributed by atoms with van der Waals surface area (Å²) in [4.78, 5) is 1.86. The third kappa shape index (κ3) is 1.57. The Kier molecular flexibility index (Phi) is 2.14. The van der Waals surface area contributed by atoms with Crippen molar-refractivity contribution >= 4 is 5.69 Å². The number of phenolic OH excluding ortho intramolecular Hbond substituents is 2. The van der Waals surface area contributed by atoms with Crippen molar-refractivity contribution in [3.05, 3.63) is 42.6 Å². The molecule has 1 aliphatic heterocycles. The molecule has 1 aliphatic rings. The zero-order valence-electron chi connectivity index (χ0n) is 7.59. The van der Waals surface area contributed by atoms with Crippen LogP contribution in [0.1, 0.15) is 0 Å². The summed E-state index contributed by atoms with van der Waals surface area (Å²) in [5.41, 5.74) is 0.616. The lowest BCUT2D eigenvalue weighted by Crippen LogP contribution is -2.17. The average molecular weight is 189 g/mol. The minimum Gasteiger partial charge on any atom is -0.508 e. The first-order chi connectivity index (χ1) is 6.77. The molecular formula is C11H11NO2. The molecule has 72 valence electrons. The van der Waals surface area contributed by atoms with Gasteiger partial charge in [0.05, 0.1) is 5.69 Å². The van der Waals surface area contributed by atoms with Gasteiger partial charge in [0.15, 0.2) is 0 Å². The predicted molar refractivity (Wildman–Crippen MR) is 55.4 cm³/mol. The molecule has 14 heavy (non-hydrogen) atoms. The van der Waals surface area contributed by atoms with Gasteiger partial charge >= 0.3 is 0 Å². The molecule has 1 aromatic rings. The summed E-state index contributed by atoms with van der Waals surface area (Å²) >= 11 is 0. The maximum Gasteiger partial charge on any atom is 0.139 e. The highest BCUT2D eigenvalue weighted by Crippen LogP contribution is 2.31. The standard InChI is InChI=1S/C11H11NO2/c13-9-4-5-11(14)10(8-9)12-6-2-1-3-7-12/h1-6,8,13-14H,7H2. The van der Waals surface area contributed by atoms with Crippen LogP contribution < -0.4 is 4.90 Å². The molecule has 0 bridgehead atoms. The van der Waals surface area contributed by atoms with Gasteiger partial charge < -0.3 is 15.1 Å². The maximum absolute atomic E-state index is 9.58. The number of phenols is 2. The third-order valence-electron chi connectivity index (χ3n) is 2.08. The summed E-state index contributed by atoms with van der Waals surface area (Å²) in [6.07, 6.45) is 7.65. The molecule has 2 rings (SSSR count). The summed E-state index contributed by atoms with van der Waals surface area (Å²) in [5, 5.41) is 18.9. The molecule has 1 aromatic carbocycles. The van der Waals surface area contributed by atoms with Gasteiger partial charge in [-0.2, -0.15) is 0 Å². The van der Waals surface area contributed by atoms with Gasteiger partial charge in [-0.1, -0.05) is 12.2 Å². The highest BCUT2D eigenvalue weighted by Gasteiger charge is 2.09. The first kappa shape index (κ1) is 8.69. The zero-order chi connectivity index (χ0) is 9.97. The van der Waals surface area contributed by atoms with Crippen LogP contribution in [0.15, 0.2) is 42.6 Å². The van der Waals surface area contributed by atoms with Gasteiger partial charge in [0.25, 0.3) is 0 Å². The zero-order valence-corrected chi connectivity index (χ0v) is 7.59. The van der Waals surface area contributed by atoms with E-state index in [1.54, 1.807) is 6.07 Å². The number of benzene rings is 1. The lowest BCUT2D eigenvalue weighted by molar-refractivity contribution is 0.460. The minimum absolute atomic E-state index is 0.153. The van der Waals surface area contributed by atoms with Crippen LogP contribution in [0.3, 0.4) is 0 Å². The number of hydrogen-bond acceptors (Lipinski definition) is 3. The number of aromatic hydroxyl groups is 2. The van der Waals surface area contributed by atoms with Crippen molar-refractivity contribution in [2.45, 2.75) is 0 Å². The smallest absolute Gasteiger partial charge is 0.139 e. The van der Waals surface area contributed by atoms with Crippen LogP contribution in [0.4, 0.5) is 5.69 Å². The molecule has 0 aliphatic carbocycles. The maximum atomic E-state index is 9.58. The van der Waals surface area contributed by atoms with Crippen molar-refractivity contribution < 1.29 is 10.2 Å². The fourth-order valence-electron chi connectivity index (χ4n) is 1.39. The molecule has 0 fully saturated rings. The molecule has 1 heterocycles. The Balaban J connectivity index is 2.35. The van der Waals surface area contributed by atoms with E-state index in [1.807, 2.05) is 29.3 Å². The van der Waals surface area contributed by atoms with Crippen LogP contribution in [0.5, 0.6) is 11.5 Å². The topological polar surface area (TPSA) is 43.7 Å². The van der Waals surface area contributed by atoms with Gasteiger partial charge in [-0.3, -0.25) is 0 Å². The monoisotopic (exact) mass is 189 g/mol. The van der Waals surface area contributed by atoms with E-state index < -0.39 is 0 Å². The predicted octanol–water partition coefficient (Wildman–Crippen LogP) is 1.99. The Labute approximate surface area is 82.2 Å². The molecule has 0 radical (unpaired) electrons. The van der Waals surface area contributed by atoms with E-state index in [1.165, 1.54) is 12.1 Å². The number of nitrogens with zero attached hydrogens (tertiary/aromatic N) is 1. The molecule has 2 N–H and O–H groups in total. The van der Waals surface area contributed by atoms with Crippen molar-refractivity contribution in [3.8, 4) is 11.5 Å². The Morgan fingerprint density at radius 2 is 2.00 bits per heavy atom. The van der Waals surface area contributed by atoms with Crippen molar-refractivity contribution in [2.24, 2.45) is 0 Å². The molecule has 3 heteroatoms. The second kappa shape index (κ2) is 3.46. The van der Waals surface area contributed by atoms with E-state index in [0.29, 0.717) is 12.2 Å². The molecule has 0 spiro atoms. The van der Waals surface area contributed by atoms with Gasteiger partial charge in [-0.05, 0) is 18.2 Å². The fraction of sp³-hybridized carbons (Fsp3) is 0.0909. The van der Waals surface area contributed by atoms with Crippen LogP contribution in [0.2, 0.25) is 0 Å². The Hall–Kier alpha value is -1.90. The highest BCUT2D eigenvalue weighted by atomic mass is 16.3. The van der Waals surface area contributed by atoms with Gasteiger partial charge in [-0.15, -0.1) is 0 Å². The van der Waals surface area contributed by atoms with Crippen LogP contribution in [-0.2, 0) is 0 Å². The average Bonchev–Trinajstić information content (AvgIpc) is 2.23. The van der Waals surface area contributed by atoms with Crippen molar-refractivity contribution in [3.63, 3.8) is 0 Å². The summed E-state index contributed by atoms with van der Waals surface area (Å²) in [5.74, 6) is 0.323. The SMILES string of the molecule is Oc1ccc(O)c(N2C=CC=CC2)c1. The molecule has 3 nitrogen and oxygen atoms in total. The number of anilines is 1. The Bertz CT molecular complexity index is 396. The highest BCUT2D eigenvalue weighted by molar-refractivity contribution is 5.63. The number of hydrogen-bond donors (Lipinski definition) is 2. The van der Waals surface area contributed by atoms with Gasteiger partial charge in [0, 0.05) is 18.8 Å². The lowest BCUT2D eigenvalue weighted by Gasteiger charge is -2.21. The van der Waals surface area contributed by atoms with Crippen LogP contribution >= 0.6 is 0 Å². The largest absolute Gasteiger partial charge is 0.508 e. The van der Waals surface area contributed by atoms with E-state index in [-0.39, 0.29) is 11.5 Å². The van der Waals surface area contributed by atoms with E-state index in [9.17, 15) is 10.2 Å². The summed E-state index contributed by atoms with van der Waals surface area (Å²) in [6, 6.07) is 4.48. The normalized spacial score (nSPS) is 14.7. The number of rotatable bonds is 1. The van der Waals surface area contributed by atoms with Crippen LogP contribution in [0.25, 0.3) is 0 Å². The second-order valence-corrected chi connectivity index (χ2v) is 3.10. The number of allylic oxidation sites excluding steroid dienone is 2. The summed E-state index contributed by atoms with van der Waals surface area (Å²) < 4.78 is 0. The third-order valence-corrected chi connectivity index (χ3v) is 2.08. The van der Waals surface area contributed by atoms with Crippen molar-refractivity contribution in [2.75, 3.05) is 11.4 Å². The molecule has 0 aromatic heterocycles.